The summed E-state index contributed by atoms with van der Waals surface area (Å²) in [6.07, 6.45) is 3.58. The normalized spacial score (nSPS) is 16.9. The number of piperidine rings is 1. The summed E-state index contributed by atoms with van der Waals surface area (Å²) in [6.45, 7) is 5.08. The molecule has 0 spiro atoms. The highest BCUT2D eigenvalue weighted by atomic mass is 32.2. The lowest BCUT2D eigenvalue weighted by Gasteiger charge is -2.23. The summed E-state index contributed by atoms with van der Waals surface area (Å²) in [5.41, 5.74) is 2.60. The van der Waals surface area contributed by atoms with Crippen molar-refractivity contribution in [3.8, 4) is 0 Å². The molecule has 112 valence electrons. The zero-order chi connectivity index (χ0) is 14.6. The summed E-state index contributed by atoms with van der Waals surface area (Å²) in [5, 5.41) is 6.80. The zero-order valence-electron chi connectivity index (χ0n) is 12.1. The molecule has 6 heteroatoms. The van der Waals surface area contributed by atoms with Gasteiger partial charge in [-0.2, -0.15) is 0 Å². The predicted octanol–water partition coefficient (Wildman–Crippen LogP) is 1.78. The molecule has 20 heavy (non-hydrogen) atoms. The van der Waals surface area contributed by atoms with Crippen LogP contribution in [0, 0.1) is 12.8 Å². The minimum atomic E-state index is -3.22. The Kier molecular flexibility index (Phi) is 4.88. The number of anilines is 2. The fourth-order valence-corrected chi connectivity index (χ4v) is 3.06. The molecule has 1 aromatic carbocycles. The van der Waals surface area contributed by atoms with Gasteiger partial charge in [-0.05, 0) is 62.5 Å². The molecule has 1 aromatic rings. The minimum Gasteiger partial charge on any atom is -0.385 e. The molecule has 3 N–H and O–H groups in total. The van der Waals surface area contributed by atoms with Gasteiger partial charge >= 0.3 is 0 Å². The molecule has 1 heterocycles. The molecule has 1 fully saturated rings. The van der Waals surface area contributed by atoms with Crippen molar-refractivity contribution < 1.29 is 8.42 Å². The minimum absolute atomic E-state index is 0.639. The largest absolute Gasteiger partial charge is 0.385 e. The number of sulfonamides is 1. The van der Waals surface area contributed by atoms with E-state index in [9.17, 15) is 8.42 Å². The molecule has 5 nitrogen and oxygen atoms in total. The molecule has 0 atom stereocenters. The smallest absolute Gasteiger partial charge is 0.229 e. The SMILES string of the molecule is Cc1cc(NCC2CCNCC2)ccc1NS(C)(=O)=O. The van der Waals surface area contributed by atoms with E-state index in [1.807, 2.05) is 19.1 Å². The number of benzene rings is 1. The van der Waals surface area contributed by atoms with Gasteiger partial charge in [-0.1, -0.05) is 0 Å². The first-order valence-electron chi connectivity index (χ1n) is 6.97. The van der Waals surface area contributed by atoms with E-state index in [1.165, 1.54) is 12.8 Å². The molecule has 1 saturated heterocycles. The monoisotopic (exact) mass is 297 g/mol. The number of hydrogen-bond donors (Lipinski definition) is 3. The van der Waals surface area contributed by atoms with Crippen molar-refractivity contribution in [2.75, 3.05) is 35.9 Å². The van der Waals surface area contributed by atoms with E-state index in [4.69, 9.17) is 0 Å². The van der Waals surface area contributed by atoms with Crippen LogP contribution in [0.2, 0.25) is 0 Å². The van der Waals surface area contributed by atoms with Crippen LogP contribution >= 0.6 is 0 Å². The van der Waals surface area contributed by atoms with Crippen molar-refractivity contribution in [3.05, 3.63) is 23.8 Å². The fraction of sp³-hybridized carbons (Fsp3) is 0.571. The lowest BCUT2D eigenvalue weighted by Crippen LogP contribution is -2.31. The van der Waals surface area contributed by atoms with Crippen LogP contribution in [0.5, 0.6) is 0 Å². The van der Waals surface area contributed by atoms with Crippen LogP contribution in [0.3, 0.4) is 0 Å². The summed E-state index contributed by atoms with van der Waals surface area (Å²) in [7, 11) is -3.22. The highest BCUT2D eigenvalue weighted by Gasteiger charge is 2.12. The van der Waals surface area contributed by atoms with Gasteiger partial charge in [0.1, 0.15) is 0 Å². The van der Waals surface area contributed by atoms with Gasteiger partial charge in [0.05, 0.1) is 11.9 Å². The van der Waals surface area contributed by atoms with Crippen LogP contribution in [0.15, 0.2) is 18.2 Å². The second kappa shape index (κ2) is 6.45. The first-order chi connectivity index (χ1) is 9.44. The Labute approximate surface area is 121 Å². The predicted molar refractivity (Wildman–Crippen MR) is 83.7 cm³/mol. The average Bonchev–Trinajstić information content (AvgIpc) is 2.39. The van der Waals surface area contributed by atoms with Crippen molar-refractivity contribution in [2.45, 2.75) is 19.8 Å². The Bertz CT molecular complexity index is 552. The molecular formula is C14H23N3O2S. The van der Waals surface area contributed by atoms with Gasteiger partial charge in [-0.25, -0.2) is 8.42 Å². The number of rotatable bonds is 5. The maximum atomic E-state index is 11.2. The summed E-state index contributed by atoms with van der Waals surface area (Å²) < 4.78 is 25.0. The van der Waals surface area contributed by atoms with Crippen LogP contribution in [-0.2, 0) is 10.0 Å². The maximum absolute atomic E-state index is 11.2. The number of hydrogen-bond acceptors (Lipinski definition) is 4. The molecule has 0 radical (unpaired) electrons. The van der Waals surface area contributed by atoms with Crippen molar-refractivity contribution in [1.29, 1.82) is 0 Å². The molecule has 1 aliphatic rings. The summed E-state index contributed by atoms with van der Waals surface area (Å²) >= 11 is 0. The lowest BCUT2D eigenvalue weighted by atomic mass is 9.98. The third kappa shape index (κ3) is 4.68. The van der Waals surface area contributed by atoms with Crippen molar-refractivity contribution in [1.82, 2.24) is 5.32 Å². The Morgan fingerprint density at radius 1 is 1.30 bits per heavy atom. The Balaban J connectivity index is 1.94. The Morgan fingerprint density at radius 3 is 2.60 bits per heavy atom. The van der Waals surface area contributed by atoms with Crippen LogP contribution < -0.4 is 15.4 Å². The van der Waals surface area contributed by atoms with Gasteiger partial charge in [-0.3, -0.25) is 4.72 Å². The van der Waals surface area contributed by atoms with Crippen LogP contribution in [0.4, 0.5) is 11.4 Å². The molecule has 0 saturated carbocycles. The molecule has 0 aliphatic carbocycles. The van der Waals surface area contributed by atoms with E-state index < -0.39 is 10.0 Å². The van der Waals surface area contributed by atoms with E-state index in [2.05, 4.69) is 15.4 Å². The van der Waals surface area contributed by atoms with E-state index in [-0.39, 0.29) is 0 Å². The van der Waals surface area contributed by atoms with E-state index in [1.54, 1.807) is 6.07 Å². The topological polar surface area (TPSA) is 70.2 Å². The summed E-state index contributed by atoms with van der Waals surface area (Å²) in [4.78, 5) is 0. The van der Waals surface area contributed by atoms with Crippen LogP contribution in [0.1, 0.15) is 18.4 Å². The molecule has 0 unspecified atom stereocenters. The van der Waals surface area contributed by atoms with Crippen molar-refractivity contribution in [3.63, 3.8) is 0 Å². The highest BCUT2D eigenvalue weighted by Crippen LogP contribution is 2.21. The van der Waals surface area contributed by atoms with E-state index in [0.29, 0.717) is 11.6 Å². The van der Waals surface area contributed by atoms with Gasteiger partial charge in [0.15, 0.2) is 0 Å². The second-order valence-corrected chi connectivity index (χ2v) is 7.23. The fourth-order valence-electron chi connectivity index (χ4n) is 2.44. The Hall–Kier alpha value is -1.27. The second-order valence-electron chi connectivity index (χ2n) is 5.48. The molecule has 1 aliphatic heterocycles. The van der Waals surface area contributed by atoms with E-state index >= 15 is 0 Å². The van der Waals surface area contributed by atoms with Gasteiger partial charge in [0.25, 0.3) is 0 Å². The van der Waals surface area contributed by atoms with Crippen molar-refractivity contribution in [2.24, 2.45) is 5.92 Å². The van der Waals surface area contributed by atoms with Gasteiger partial charge in [-0.15, -0.1) is 0 Å². The standard InChI is InChI=1S/C14H23N3O2S/c1-11-9-13(3-4-14(11)17-20(2,18)19)16-10-12-5-7-15-8-6-12/h3-4,9,12,15-17H,5-8,10H2,1-2H3. The molecule has 0 aromatic heterocycles. The lowest BCUT2D eigenvalue weighted by molar-refractivity contribution is 0.390. The van der Waals surface area contributed by atoms with Gasteiger partial charge in [0.2, 0.25) is 10.0 Å². The first-order valence-corrected chi connectivity index (χ1v) is 8.86. The quantitative estimate of drug-likeness (QED) is 0.775. The molecule has 2 rings (SSSR count). The zero-order valence-corrected chi connectivity index (χ0v) is 12.9. The summed E-state index contributed by atoms with van der Waals surface area (Å²) in [6, 6.07) is 5.71. The van der Waals surface area contributed by atoms with Crippen LogP contribution in [0.25, 0.3) is 0 Å². The third-order valence-electron chi connectivity index (χ3n) is 3.58. The first kappa shape index (κ1) is 15.1. The number of aryl methyl sites for hydroxylation is 1. The molecule has 0 bridgehead atoms. The number of nitrogens with one attached hydrogen (secondary N) is 3. The highest BCUT2D eigenvalue weighted by molar-refractivity contribution is 7.92. The van der Waals surface area contributed by atoms with Gasteiger partial charge in [0, 0.05) is 12.2 Å². The van der Waals surface area contributed by atoms with Gasteiger partial charge < -0.3 is 10.6 Å². The average molecular weight is 297 g/mol. The van der Waals surface area contributed by atoms with Crippen LogP contribution in [-0.4, -0.2) is 34.3 Å². The third-order valence-corrected chi connectivity index (χ3v) is 4.17. The summed E-state index contributed by atoms with van der Waals surface area (Å²) in [5.74, 6) is 0.713. The Morgan fingerprint density at radius 2 is 2.00 bits per heavy atom. The molecule has 0 amide bonds. The van der Waals surface area contributed by atoms with E-state index in [0.717, 1.165) is 37.1 Å². The van der Waals surface area contributed by atoms with Crippen molar-refractivity contribution >= 4 is 21.4 Å². The molecular weight excluding hydrogens is 274 g/mol. The maximum Gasteiger partial charge on any atom is 0.229 e.